The normalized spacial score (nSPS) is 7.00. The van der Waals surface area contributed by atoms with Crippen LogP contribution in [0.4, 0.5) is 0 Å². The Morgan fingerprint density at radius 3 is 1.10 bits per heavy atom. The van der Waals surface area contributed by atoms with Gasteiger partial charge < -0.3 is 15.3 Å². The van der Waals surface area contributed by atoms with Gasteiger partial charge in [0.2, 0.25) is 0 Å². The van der Waals surface area contributed by atoms with Crippen molar-refractivity contribution in [3.8, 4) is 0 Å². The third kappa shape index (κ3) is 246. The number of quaternary nitrogens is 1. The van der Waals surface area contributed by atoms with E-state index in [-0.39, 0.29) is 57.5 Å². The molecule has 0 spiro atoms. The van der Waals surface area contributed by atoms with E-state index in [0.29, 0.717) is 0 Å². The molecule has 0 fully saturated rings. The summed E-state index contributed by atoms with van der Waals surface area (Å²) >= 11 is -5.72. The van der Waals surface area contributed by atoms with Gasteiger partial charge in [-0.15, -0.1) is 11.4 Å². The summed E-state index contributed by atoms with van der Waals surface area (Å²) in [5.74, 6) is 0. The van der Waals surface area contributed by atoms with Crippen LogP contribution in [-0.4, -0.2) is 26.6 Å². The molecule has 0 amide bonds. The molecular formula is H6KNO6S2. The maximum absolute atomic E-state index is 8.67. The Morgan fingerprint density at radius 2 is 1.10 bits per heavy atom. The van der Waals surface area contributed by atoms with Gasteiger partial charge in [0.1, 0.15) is 0 Å². The number of rotatable bonds is 0. The molecular weight excluding hydrogens is 213 g/mol. The summed E-state index contributed by atoms with van der Waals surface area (Å²) in [5.41, 5.74) is 0. The van der Waals surface area contributed by atoms with Gasteiger partial charge >= 0.3 is 51.4 Å². The standard InChI is InChI=1S/K.H3N.2H2O3S/c;;2*1-4(2)3/h;1H3;2*(H2,1,2,3)/q+1;;;/p-1. The summed E-state index contributed by atoms with van der Waals surface area (Å²) in [4.78, 5) is 0. The Bertz CT molecular complexity index is 73.7. The summed E-state index contributed by atoms with van der Waals surface area (Å²) in [6, 6.07) is 0. The Morgan fingerprint density at radius 1 is 1.10 bits per heavy atom. The van der Waals surface area contributed by atoms with E-state index in [1.807, 2.05) is 0 Å². The van der Waals surface area contributed by atoms with Gasteiger partial charge in [0.25, 0.3) is 11.4 Å². The molecule has 0 saturated heterocycles. The Balaban J connectivity index is -0.0000000300. The predicted molar refractivity (Wildman–Crippen MR) is 29.1 cm³/mol. The van der Waals surface area contributed by atoms with Crippen LogP contribution < -0.4 is 57.5 Å². The number of hydrogen-bond acceptors (Lipinski definition) is 4. The fourth-order valence-electron chi connectivity index (χ4n) is 0. The van der Waals surface area contributed by atoms with Crippen molar-refractivity contribution >= 4 is 22.7 Å². The Hall–Kier alpha value is 1.74. The molecule has 0 bridgehead atoms. The third-order valence-electron chi connectivity index (χ3n) is 0. The zero-order valence-electron chi connectivity index (χ0n) is 5.34. The van der Waals surface area contributed by atoms with Gasteiger partial charge in [0, 0.05) is 0 Å². The zero-order chi connectivity index (χ0) is 7.15. The first-order valence-corrected chi connectivity index (χ1v) is 3.10. The topological polar surface area (TPSA) is 157 Å². The fraction of sp³-hybridized carbons (Fsp3) is 0. The van der Waals surface area contributed by atoms with Crippen LogP contribution in [-0.2, 0) is 22.7 Å². The van der Waals surface area contributed by atoms with Crippen molar-refractivity contribution in [2.75, 3.05) is 0 Å². The molecule has 0 aromatic carbocycles. The van der Waals surface area contributed by atoms with Crippen LogP contribution in [0.5, 0.6) is 0 Å². The molecule has 60 valence electrons. The molecule has 7 nitrogen and oxygen atoms in total. The molecule has 0 aliphatic heterocycles. The van der Waals surface area contributed by atoms with E-state index in [1.54, 1.807) is 0 Å². The van der Waals surface area contributed by atoms with Crippen LogP contribution in [0.2, 0.25) is 0 Å². The smallest absolute Gasteiger partial charge is 0.784 e. The van der Waals surface area contributed by atoms with Crippen LogP contribution in [0.3, 0.4) is 0 Å². The molecule has 0 unspecified atom stereocenters. The van der Waals surface area contributed by atoms with Crippen molar-refractivity contribution in [3.05, 3.63) is 0 Å². The maximum Gasteiger partial charge on any atom is 1.00 e. The van der Waals surface area contributed by atoms with Crippen molar-refractivity contribution in [1.82, 2.24) is 6.15 Å². The zero-order valence-corrected chi connectivity index (χ0v) is 10.1. The minimum atomic E-state index is -3.11. The third-order valence-corrected chi connectivity index (χ3v) is 0. The largest absolute Gasteiger partial charge is 1.00 e. The molecule has 0 atom stereocenters. The van der Waals surface area contributed by atoms with E-state index in [0.717, 1.165) is 0 Å². The molecule has 0 rings (SSSR count). The maximum atomic E-state index is 8.67. The summed E-state index contributed by atoms with van der Waals surface area (Å²) in [5, 5.41) is 0. The van der Waals surface area contributed by atoms with E-state index in [1.165, 1.54) is 0 Å². The Labute approximate surface area is 105 Å². The first-order valence-electron chi connectivity index (χ1n) is 1.03. The molecule has 6 N–H and O–H groups in total. The van der Waals surface area contributed by atoms with Crippen molar-refractivity contribution < 1.29 is 78.0 Å². The van der Waals surface area contributed by atoms with Gasteiger partial charge in [0.15, 0.2) is 0 Å². The summed E-state index contributed by atoms with van der Waals surface area (Å²) in [6.07, 6.45) is 0. The Kier molecular flexibility index (Phi) is 38.4. The molecule has 0 heterocycles. The molecule has 0 aromatic rings. The van der Waals surface area contributed by atoms with E-state index in [4.69, 9.17) is 26.6 Å². The summed E-state index contributed by atoms with van der Waals surface area (Å²) in [6.45, 7) is 0. The monoisotopic (exact) mass is 219 g/mol. The first-order chi connectivity index (χ1) is 3.46. The van der Waals surface area contributed by atoms with E-state index in [2.05, 4.69) is 0 Å². The van der Waals surface area contributed by atoms with Crippen molar-refractivity contribution in [2.24, 2.45) is 0 Å². The molecule has 10 heteroatoms. The van der Waals surface area contributed by atoms with Crippen LogP contribution in [0.25, 0.3) is 0 Å². The van der Waals surface area contributed by atoms with Crippen LogP contribution in [0.15, 0.2) is 0 Å². The summed E-state index contributed by atoms with van der Waals surface area (Å²) in [7, 11) is 0. The van der Waals surface area contributed by atoms with Crippen LogP contribution in [0.1, 0.15) is 0 Å². The van der Waals surface area contributed by atoms with Crippen LogP contribution in [0, 0.1) is 0 Å². The van der Waals surface area contributed by atoms with Crippen molar-refractivity contribution in [3.63, 3.8) is 0 Å². The predicted octanol–water partition coefficient (Wildman–Crippen LogP) is -3.94. The second-order valence-electron chi connectivity index (χ2n) is 0.435. The number of hydrogen-bond donors (Lipinski definition) is 3. The second-order valence-corrected chi connectivity index (χ2v) is 1.30. The van der Waals surface area contributed by atoms with Crippen LogP contribution >= 0.6 is 0 Å². The average Bonchev–Trinajstić information content (AvgIpc) is 1.25. The van der Waals surface area contributed by atoms with Gasteiger partial charge in [0.05, 0.1) is 0 Å². The molecule has 0 saturated carbocycles. The second kappa shape index (κ2) is 17.0. The van der Waals surface area contributed by atoms with E-state index >= 15 is 0 Å². The molecule has 10 heavy (non-hydrogen) atoms. The van der Waals surface area contributed by atoms with E-state index in [9.17, 15) is 0 Å². The van der Waals surface area contributed by atoms with E-state index < -0.39 is 22.7 Å². The molecule has 0 aliphatic carbocycles. The quantitative estimate of drug-likeness (QED) is 0.279. The first kappa shape index (κ1) is 22.6. The van der Waals surface area contributed by atoms with Gasteiger partial charge in [-0.3, -0.25) is 13.3 Å². The minimum Gasteiger partial charge on any atom is -0.784 e. The van der Waals surface area contributed by atoms with Gasteiger partial charge in [-0.25, -0.2) is 0 Å². The van der Waals surface area contributed by atoms with Crippen molar-refractivity contribution in [1.29, 1.82) is 0 Å². The van der Waals surface area contributed by atoms with Gasteiger partial charge in [-0.1, -0.05) is 0 Å². The fourth-order valence-corrected chi connectivity index (χ4v) is 0. The van der Waals surface area contributed by atoms with Gasteiger partial charge in [-0.2, -0.15) is 4.21 Å². The average molecular weight is 219 g/mol. The minimum absolute atomic E-state index is 0. The summed E-state index contributed by atoms with van der Waals surface area (Å²) < 4.78 is 48.2. The van der Waals surface area contributed by atoms with Gasteiger partial charge in [-0.05, 0) is 0 Å². The molecule has 0 radical (unpaired) electrons. The molecule has 0 aliphatic rings. The SMILES string of the molecule is O=S(O)O.O=S([O-])[O-].[K+].[NH4+]. The van der Waals surface area contributed by atoms with Crippen molar-refractivity contribution in [2.45, 2.75) is 0 Å². The molecule has 0 aromatic heterocycles.